The molecule has 0 spiro atoms. The number of nitrogens with one attached hydrogen (secondary N) is 2. The summed E-state index contributed by atoms with van der Waals surface area (Å²) < 4.78 is 3.50. The highest BCUT2D eigenvalue weighted by molar-refractivity contribution is 5.90. The topological polar surface area (TPSA) is 128 Å². The van der Waals surface area contributed by atoms with Crippen LogP contribution in [0.3, 0.4) is 0 Å². The molecule has 1 aliphatic rings. The number of hydrogen-bond acceptors (Lipinski definition) is 7. The van der Waals surface area contributed by atoms with Gasteiger partial charge in [-0.25, -0.2) is 14.2 Å². The minimum Gasteiger partial charge on any atom is -0.335 e. The van der Waals surface area contributed by atoms with E-state index in [0.717, 1.165) is 30.7 Å². The van der Waals surface area contributed by atoms with Gasteiger partial charge in [0.2, 0.25) is 0 Å². The van der Waals surface area contributed by atoms with Gasteiger partial charge in [-0.1, -0.05) is 12.1 Å². The smallest absolute Gasteiger partial charge is 0.319 e. The van der Waals surface area contributed by atoms with Crippen LogP contribution in [0, 0.1) is 0 Å². The summed E-state index contributed by atoms with van der Waals surface area (Å²) in [4.78, 5) is 12.4. The minimum absolute atomic E-state index is 0.0593. The molecule has 0 fully saturated rings. The normalized spacial score (nSPS) is 16.4. The van der Waals surface area contributed by atoms with E-state index in [2.05, 4.69) is 41.7 Å². The molecule has 1 aliphatic heterocycles. The molecule has 27 heavy (non-hydrogen) atoms. The zero-order valence-electron chi connectivity index (χ0n) is 14.9. The number of benzene rings is 1. The minimum atomic E-state index is -0.238. The third kappa shape index (κ3) is 3.76. The second kappa shape index (κ2) is 7.48. The number of fused-ring (bicyclic) bond motifs is 1. The van der Waals surface area contributed by atoms with Gasteiger partial charge in [-0.15, -0.1) is 10.2 Å². The third-order valence-corrected chi connectivity index (χ3v) is 4.56. The number of urea groups is 1. The van der Waals surface area contributed by atoms with Gasteiger partial charge in [-0.05, 0) is 52.8 Å². The van der Waals surface area contributed by atoms with Gasteiger partial charge in [-0.2, -0.15) is 0 Å². The Labute approximate surface area is 155 Å². The van der Waals surface area contributed by atoms with E-state index in [9.17, 15) is 4.79 Å². The Morgan fingerprint density at radius 1 is 1.22 bits per heavy atom. The Morgan fingerprint density at radius 3 is 3.00 bits per heavy atom. The van der Waals surface area contributed by atoms with E-state index in [0.29, 0.717) is 24.6 Å². The van der Waals surface area contributed by atoms with Crippen molar-refractivity contribution in [3.05, 3.63) is 30.1 Å². The first-order chi connectivity index (χ1) is 13.2. The Kier molecular flexibility index (Phi) is 4.73. The molecule has 3 aromatic rings. The SMILES string of the molecule is CCn1nnnc1-c1cccc(NC(=O)NC2CCc3nnnn3CC2)c1. The number of amides is 2. The fraction of sp³-hybridized carbons (Fsp3) is 0.438. The second-order valence-electron chi connectivity index (χ2n) is 6.34. The van der Waals surface area contributed by atoms with E-state index >= 15 is 0 Å². The Balaban J connectivity index is 1.38. The van der Waals surface area contributed by atoms with Crippen LogP contribution in [0.5, 0.6) is 0 Å². The molecule has 1 atom stereocenters. The van der Waals surface area contributed by atoms with Crippen LogP contribution in [0.15, 0.2) is 24.3 Å². The van der Waals surface area contributed by atoms with Gasteiger partial charge in [-0.3, -0.25) is 0 Å². The van der Waals surface area contributed by atoms with Crippen LogP contribution in [0.4, 0.5) is 10.5 Å². The monoisotopic (exact) mass is 368 g/mol. The largest absolute Gasteiger partial charge is 0.335 e. The van der Waals surface area contributed by atoms with E-state index in [1.165, 1.54) is 0 Å². The zero-order valence-corrected chi connectivity index (χ0v) is 14.9. The molecule has 2 amide bonds. The number of nitrogens with zero attached hydrogens (tertiary/aromatic N) is 8. The summed E-state index contributed by atoms with van der Waals surface area (Å²) in [5.41, 5.74) is 1.53. The standard InChI is InChI=1S/C16H20N10O/c1-2-25-15(20-22-23-25)11-4-3-5-13(10-11)18-16(27)17-12-6-7-14-19-21-24-26(14)9-8-12/h3-5,10,12H,2,6-9H2,1H3,(H2,17,18,27). The zero-order chi connectivity index (χ0) is 18.6. The molecule has 0 aliphatic carbocycles. The first-order valence-electron chi connectivity index (χ1n) is 8.92. The van der Waals surface area contributed by atoms with Crippen molar-refractivity contribution in [2.75, 3.05) is 5.32 Å². The second-order valence-corrected chi connectivity index (χ2v) is 6.34. The van der Waals surface area contributed by atoms with Crippen molar-refractivity contribution in [2.45, 2.75) is 45.3 Å². The maximum Gasteiger partial charge on any atom is 0.319 e. The van der Waals surface area contributed by atoms with Crippen molar-refractivity contribution in [1.29, 1.82) is 0 Å². The van der Waals surface area contributed by atoms with Crippen LogP contribution in [0.2, 0.25) is 0 Å². The molecular weight excluding hydrogens is 348 g/mol. The number of aromatic nitrogens is 8. The van der Waals surface area contributed by atoms with Crippen LogP contribution >= 0.6 is 0 Å². The van der Waals surface area contributed by atoms with E-state index < -0.39 is 0 Å². The Bertz CT molecular complexity index is 910. The number of tetrazole rings is 2. The fourth-order valence-corrected chi connectivity index (χ4v) is 3.16. The summed E-state index contributed by atoms with van der Waals surface area (Å²) >= 11 is 0. The molecule has 1 unspecified atom stereocenters. The molecule has 1 aromatic carbocycles. The first kappa shape index (κ1) is 17.1. The highest BCUT2D eigenvalue weighted by Gasteiger charge is 2.19. The van der Waals surface area contributed by atoms with Crippen molar-refractivity contribution in [3.8, 4) is 11.4 Å². The van der Waals surface area contributed by atoms with E-state index in [-0.39, 0.29) is 12.1 Å². The molecule has 0 radical (unpaired) electrons. The van der Waals surface area contributed by atoms with Crippen LogP contribution in [-0.2, 0) is 19.5 Å². The van der Waals surface area contributed by atoms with Crippen LogP contribution in [-0.4, -0.2) is 52.5 Å². The average molecular weight is 368 g/mol. The summed E-state index contributed by atoms with van der Waals surface area (Å²) in [7, 11) is 0. The van der Waals surface area contributed by atoms with E-state index in [4.69, 9.17) is 0 Å². The van der Waals surface area contributed by atoms with Gasteiger partial charge in [0, 0.05) is 36.8 Å². The first-order valence-corrected chi connectivity index (χ1v) is 8.92. The van der Waals surface area contributed by atoms with Crippen LogP contribution in [0.25, 0.3) is 11.4 Å². The molecule has 2 aromatic heterocycles. The molecule has 0 saturated heterocycles. The summed E-state index contributed by atoms with van der Waals surface area (Å²) in [5, 5.41) is 29.2. The number of aryl methyl sites for hydroxylation is 3. The molecule has 4 rings (SSSR count). The van der Waals surface area contributed by atoms with Crippen molar-refractivity contribution < 1.29 is 4.79 Å². The Hall–Kier alpha value is -3.37. The van der Waals surface area contributed by atoms with Gasteiger partial charge in [0.05, 0.1) is 0 Å². The van der Waals surface area contributed by atoms with Gasteiger partial charge in [0.25, 0.3) is 0 Å². The molecule has 0 saturated carbocycles. The third-order valence-electron chi connectivity index (χ3n) is 4.56. The molecule has 0 bridgehead atoms. The Morgan fingerprint density at radius 2 is 2.11 bits per heavy atom. The molecule has 11 nitrogen and oxygen atoms in total. The quantitative estimate of drug-likeness (QED) is 0.699. The number of hydrogen-bond donors (Lipinski definition) is 2. The molecule has 2 N–H and O–H groups in total. The lowest BCUT2D eigenvalue weighted by molar-refractivity contribution is 0.246. The molecule has 3 heterocycles. The summed E-state index contributed by atoms with van der Waals surface area (Å²) in [6, 6.07) is 7.29. The van der Waals surface area contributed by atoms with Gasteiger partial charge < -0.3 is 10.6 Å². The highest BCUT2D eigenvalue weighted by atomic mass is 16.2. The molecular formula is C16H20N10O. The fourth-order valence-electron chi connectivity index (χ4n) is 3.16. The molecule has 140 valence electrons. The summed E-state index contributed by atoms with van der Waals surface area (Å²) in [5.74, 6) is 1.53. The van der Waals surface area contributed by atoms with Crippen molar-refractivity contribution in [2.24, 2.45) is 0 Å². The molecule has 11 heteroatoms. The van der Waals surface area contributed by atoms with Gasteiger partial charge in [0.15, 0.2) is 11.6 Å². The maximum atomic E-state index is 12.4. The maximum absolute atomic E-state index is 12.4. The van der Waals surface area contributed by atoms with Crippen molar-refractivity contribution in [3.63, 3.8) is 0 Å². The van der Waals surface area contributed by atoms with E-state index in [1.54, 1.807) is 9.36 Å². The van der Waals surface area contributed by atoms with Crippen molar-refractivity contribution in [1.82, 2.24) is 45.7 Å². The predicted molar refractivity (Wildman–Crippen MR) is 95.6 cm³/mol. The van der Waals surface area contributed by atoms with Gasteiger partial charge >= 0.3 is 6.03 Å². The lowest BCUT2D eigenvalue weighted by atomic mass is 10.1. The summed E-state index contributed by atoms with van der Waals surface area (Å²) in [6.45, 7) is 3.34. The van der Waals surface area contributed by atoms with Crippen LogP contribution < -0.4 is 10.6 Å². The average Bonchev–Trinajstić information content (AvgIpc) is 3.29. The number of rotatable bonds is 4. The van der Waals surface area contributed by atoms with E-state index in [1.807, 2.05) is 31.2 Å². The highest BCUT2D eigenvalue weighted by Crippen LogP contribution is 2.20. The van der Waals surface area contributed by atoms with Crippen LogP contribution in [0.1, 0.15) is 25.6 Å². The number of carbonyl (C=O) groups excluding carboxylic acids is 1. The predicted octanol–water partition coefficient (Wildman–Crippen LogP) is 0.873. The summed E-state index contributed by atoms with van der Waals surface area (Å²) in [6.07, 6.45) is 2.34. The van der Waals surface area contributed by atoms with Crippen molar-refractivity contribution >= 4 is 11.7 Å². The lowest BCUT2D eigenvalue weighted by Crippen LogP contribution is -2.38. The van der Waals surface area contributed by atoms with Gasteiger partial charge in [0.1, 0.15) is 0 Å². The number of anilines is 1. The number of carbonyl (C=O) groups is 1. The lowest BCUT2D eigenvalue weighted by Gasteiger charge is -2.16.